The fourth-order valence-electron chi connectivity index (χ4n) is 2.04. The lowest BCUT2D eigenvalue weighted by Crippen LogP contribution is -2.02. The summed E-state index contributed by atoms with van der Waals surface area (Å²) in [7, 11) is 0. The highest BCUT2D eigenvalue weighted by atomic mass is 35.5. The van der Waals surface area contributed by atoms with Gasteiger partial charge in [0, 0.05) is 18.6 Å². The number of hydrogen-bond acceptors (Lipinski definition) is 2. The van der Waals surface area contributed by atoms with Gasteiger partial charge in [-0.2, -0.15) is 0 Å². The lowest BCUT2D eigenvalue weighted by molar-refractivity contribution is 0.135. The Hall–Kier alpha value is -1.13. The minimum atomic E-state index is -0.842. The van der Waals surface area contributed by atoms with Gasteiger partial charge in [-0.1, -0.05) is 47.5 Å². The van der Waals surface area contributed by atoms with Crippen LogP contribution in [0.15, 0.2) is 36.4 Å². The first kappa shape index (κ1) is 15.3. The lowest BCUT2D eigenvalue weighted by Gasteiger charge is -2.16. The molecule has 0 bridgehead atoms. The second-order valence-electron chi connectivity index (χ2n) is 4.36. The molecule has 1 unspecified atom stereocenters. The van der Waals surface area contributed by atoms with E-state index in [-0.39, 0.29) is 18.1 Å². The summed E-state index contributed by atoms with van der Waals surface area (Å²) in [5.41, 5.74) is 1.67. The monoisotopic (exact) mass is 314 g/mol. The Kier molecular flexibility index (Phi) is 5.00. The summed E-state index contributed by atoms with van der Waals surface area (Å²) in [4.78, 5) is 0. The SMILES string of the molecule is OCCC(O)c1ccccc1-c1cc(F)c(Cl)cc1Cl. The number of halogens is 3. The summed E-state index contributed by atoms with van der Waals surface area (Å²) in [6, 6.07) is 9.58. The Morgan fingerprint density at radius 3 is 2.45 bits per heavy atom. The minimum Gasteiger partial charge on any atom is -0.396 e. The van der Waals surface area contributed by atoms with Crippen molar-refractivity contribution in [2.75, 3.05) is 6.61 Å². The average molecular weight is 315 g/mol. The molecule has 0 fully saturated rings. The fraction of sp³-hybridized carbons (Fsp3) is 0.200. The second-order valence-corrected chi connectivity index (χ2v) is 5.18. The normalized spacial score (nSPS) is 12.4. The van der Waals surface area contributed by atoms with Crippen LogP contribution in [0.2, 0.25) is 10.0 Å². The third kappa shape index (κ3) is 3.13. The molecule has 2 N–H and O–H groups in total. The fourth-order valence-corrected chi connectivity index (χ4v) is 2.52. The summed E-state index contributed by atoms with van der Waals surface area (Å²) < 4.78 is 13.6. The molecule has 0 saturated heterocycles. The van der Waals surface area contributed by atoms with Crippen LogP contribution in [-0.4, -0.2) is 16.8 Å². The second kappa shape index (κ2) is 6.55. The van der Waals surface area contributed by atoms with Gasteiger partial charge in [0.1, 0.15) is 5.82 Å². The molecule has 20 heavy (non-hydrogen) atoms. The summed E-state index contributed by atoms with van der Waals surface area (Å²) >= 11 is 11.8. The highest BCUT2D eigenvalue weighted by Crippen LogP contribution is 2.36. The van der Waals surface area contributed by atoms with Gasteiger partial charge in [0.2, 0.25) is 0 Å². The molecular weight excluding hydrogens is 302 g/mol. The topological polar surface area (TPSA) is 40.5 Å². The molecule has 2 rings (SSSR count). The molecular formula is C15H13Cl2FO2. The van der Waals surface area contributed by atoms with Crippen LogP contribution in [0, 0.1) is 5.82 Å². The van der Waals surface area contributed by atoms with Gasteiger partial charge >= 0.3 is 0 Å². The molecule has 2 nitrogen and oxygen atoms in total. The van der Waals surface area contributed by atoms with Crippen LogP contribution in [0.4, 0.5) is 4.39 Å². The Balaban J connectivity index is 2.56. The zero-order valence-corrected chi connectivity index (χ0v) is 12.0. The van der Waals surface area contributed by atoms with Gasteiger partial charge in [-0.3, -0.25) is 0 Å². The number of benzene rings is 2. The van der Waals surface area contributed by atoms with Gasteiger partial charge in [0.25, 0.3) is 0 Å². The lowest BCUT2D eigenvalue weighted by atomic mass is 9.95. The predicted molar refractivity (Wildman–Crippen MR) is 78.5 cm³/mol. The van der Waals surface area contributed by atoms with Crippen LogP contribution in [0.1, 0.15) is 18.1 Å². The van der Waals surface area contributed by atoms with Crippen LogP contribution in [0.25, 0.3) is 11.1 Å². The van der Waals surface area contributed by atoms with E-state index in [1.807, 2.05) is 0 Å². The molecule has 0 radical (unpaired) electrons. The van der Waals surface area contributed by atoms with E-state index in [1.54, 1.807) is 24.3 Å². The predicted octanol–water partition coefficient (Wildman–Crippen LogP) is 4.22. The van der Waals surface area contributed by atoms with Gasteiger partial charge in [0.05, 0.1) is 16.1 Å². The number of hydrogen-bond donors (Lipinski definition) is 2. The van der Waals surface area contributed by atoms with Gasteiger partial charge in [-0.25, -0.2) is 4.39 Å². The molecule has 0 aliphatic carbocycles. The maximum atomic E-state index is 13.6. The molecule has 0 amide bonds. The van der Waals surface area contributed by atoms with Crippen molar-refractivity contribution in [2.45, 2.75) is 12.5 Å². The molecule has 0 aliphatic heterocycles. The van der Waals surface area contributed by atoms with Gasteiger partial charge in [-0.15, -0.1) is 0 Å². The molecule has 0 heterocycles. The highest BCUT2D eigenvalue weighted by Gasteiger charge is 2.16. The third-order valence-corrected chi connectivity index (χ3v) is 3.62. The van der Waals surface area contributed by atoms with E-state index in [0.717, 1.165) is 0 Å². The number of rotatable bonds is 4. The van der Waals surface area contributed by atoms with Crippen molar-refractivity contribution in [3.8, 4) is 11.1 Å². The van der Waals surface area contributed by atoms with E-state index in [9.17, 15) is 9.50 Å². The minimum absolute atomic E-state index is 0.0489. The van der Waals surface area contributed by atoms with E-state index in [4.69, 9.17) is 28.3 Å². The van der Waals surface area contributed by atoms with Crippen molar-refractivity contribution in [1.29, 1.82) is 0 Å². The molecule has 0 spiro atoms. The third-order valence-electron chi connectivity index (χ3n) is 3.02. The van der Waals surface area contributed by atoms with E-state index in [1.165, 1.54) is 12.1 Å². The molecule has 2 aromatic carbocycles. The van der Waals surface area contributed by atoms with Gasteiger partial charge in [0.15, 0.2) is 0 Å². The standard InChI is InChI=1S/C15H13Cl2FO2/c16-12-8-13(17)14(18)7-11(12)9-3-1-2-4-10(9)15(20)5-6-19/h1-4,7-8,15,19-20H,5-6H2. The molecule has 0 aromatic heterocycles. The van der Waals surface area contributed by atoms with Gasteiger partial charge < -0.3 is 10.2 Å². The van der Waals surface area contributed by atoms with Crippen LogP contribution in [0.5, 0.6) is 0 Å². The Bertz CT molecular complexity index is 617. The molecule has 106 valence electrons. The zero-order chi connectivity index (χ0) is 14.7. The Morgan fingerprint density at radius 2 is 1.75 bits per heavy atom. The summed E-state index contributed by atoms with van der Waals surface area (Å²) in [5.74, 6) is -0.572. The molecule has 1 atom stereocenters. The van der Waals surface area contributed by atoms with Crippen molar-refractivity contribution in [2.24, 2.45) is 0 Å². The largest absolute Gasteiger partial charge is 0.396 e. The summed E-state index contributed by atoms with van der Waals surface area (Å²) in [5, 5.41) is 19.2. The summed E-state index contributed by atoms with van der Waals surface area (Å²) in [6.07, 6.45) is -0.643. The van der Waals surface area contributed by atoms with Crippen LogP contribution in [-0.2, 0) is 0 Å². The first-order valence-corrected chi connectivity index (χ1v) is 6.83. The van der Waals surface area contributed by atoms with Crippen molar-refractivity contribution in [3.63, 3.8) is 0 Å². The van der Waals surface area contributed by atoms with E-state index in [0.29, 0.717) is 21.7 Å². The first-order chi connectivity index (χ1) is 9.54. The Labute approximate surface area is 126 Å². The van der Waals surface area contributed by atoms with Gasteiger partial charge in [-0.05, 0) is 23.3 Å². The van der Waals surface area contributed by atoms with Crippen molar-refractivity contribution in [1.82, 2.24) is 0 Å². The quantitative estimate of drug-likeness (QED) is 0.830. The van der Waals surface area contributed by atoms with E-state index >= 15 is 0 Å². The summed E-state index contributed by atoms with van der Waals surface area (Å²) in [6.45, 7) is -0.141. The molecule has 0 aliphatic rings. The first-order valence-electron chi connectivity index (χ1n) is 6.07. The smallest absolute Gasteiger partial charge is 0.142 e. The maximum Gasteiger partial charge on any atom is 0.142 e. The molecule has 0 saturated carbocycles. The molecule has 5 heteroatoms. The van der Waals surface area contributed by atoms with Crippen molar-refractivity contribution >= 4 is 23.2 Å². The number of aliphatic hydroxyl groups is 2. The van der Waals surface area contributed by atoms with Crippen molar-refractivity contribution in [3.05, 3.63) is 57.8 Å². The number of aliphatic hydroxyl groups excluding tert-OH is 2. The average Bonchev–Trinajstić information content (AvgIpc) is 2.43. The van der Waals surface area contributed by atoms with Crippen LogP contribution in [0.3, 0.4) is 0 Å². The van der Waals surface area contributed by atoms with Crippen LogP contribution >= 0.6 is 23.2 Å². The van der Waals surface area contributed by atoms with E-state index < -0.39 is 11.9 Å². The van der Waals surface area contributed by atoms with Crippen LogP contribution < -0.4 is 0 Å². The van der Waals surface area contributed by atoms with E-state index in [2.05, 4.69) is 0 Å². The zero-order valence-electron chi connectivity index (χ0n) is 10.5. The maximum absolute atomic E-state index is 13.6. The molecule has 2 aromatic rings. The van der Waals surface area contributed by atoms with Crippen molar-refractivity contribution < 1.29 is 14.6 Å². The Morgan fingerprint density at radius 1 is 1.05 bits per heavy atom. The highest BCUT2D eigenvalue weighted by molar-refractivity contribution is 6.36.